The summed E-state index contributed by atoms with van der Waals surface area (Å²) < 4.78 is 2.05. The number of phenolic OH excluding ortho intramolecular Hbond substituents is 3. The summed E-state index contributed by atoms with van der Waals surface area (Å²) in [7, 11) is 0. The number of carbonyl (C=O) groups excluding carboxylic acids is 1. The highest BCUT2D eigenvalue weighted by Gasteiger charge is 2.11. The number of benzene rings is 2. The zero-order chi connectivity index (χ0) is 18.8. The summed E-state index contributed by atoms with van der Waals surface area (Å²) in [4.78, 5) is 16.7. The van der Waals surface area contributed by atoms with E-state index in [1.54, 1.807) is 12.1 Å². The van der Waals surface area contributed by atoms with Crippen LogP contribution in [0.2, 0.25) is 0 Å². The number of hydrazone groups is 1. The van der Waals surface area contributed by atoms with Crippen LogP contribution >= 0.6 is 0 Å². The number of imidazole rings is 1. The fraction of sp³-hybridized carbons (Fsp3) is 0.167. The number of fused-ring (bicyclic) bond motifs is 1. The monoisotopic (exact) mass is 354 g/mol. The summed E-state index contributed by atoms with van der Waals surface area (Å²) >= 11 is 0. The quantitative estimate of drug-likeness (QED) is 0.325. The van der Waals surface area contributed by atoms with Crippen LogP contribution in [-0.4, -0.2) is 37.0 Å². The zero-order valence-corrected chi connectivity index (χ0v) is 14.3. The molecule has 0 aliphatic rings. The van der Waals surface area contributed by atoms with Gasteiger partial charge in [0, 0.05) is 17.7 Å². The minimum Gasteiger partial charge on any atom is -0.504 e. The molecule has 8 nitrogen and oxygen atoms in total. The Morgan fingerprint density at radius 3 is 2.73 bits per heavy atom. The number of carbonyl (C=O) groups is 1. The van der Waals surface area contributed by atoms with Crippen molar-refractivity contribution in [3.05, 3.63) is 47.3 Å². The minimum absolute atomic E-state index is 0.147. The fourth-order valence-corrected chi connectivity index (χ4v) is 2.70. The summed E-state index contributed by atoms with van der Waals surface area (Å²) in [6.07, 6.45) is 1.17. The highest BCUT2D eigenvalue weighted by atomic mass is 16.3. The number of aromatic nitrogens is 2. The molecule has 0 aliphatic heterocycles. The van der Waals surface area contributed by atoms with E-state index in [1.165, 1.54) is 18.3 Å². The molecule has 134 valence electrons. The molecular formula is C18H18N4O4. The van der Waals surface area contributed by atoms with Crippen LogP contribution in [0.25, 0.3) is 11.0 Å². The van der Waals surface area contributed by atoms with E-state index in [-0.39, 0.29) is 5.56 Å². The first-order valence-corrected chi connectivity index (χ1v) is 7.96. The van der Waals surface area contributed by atoms with E-state index < -0.39 is 23.2 Å². The maximum absolute atomic E-state index is 12.2. The normalized spacial score (nSPS) is 11.3. The second kappa shape index (κ2) is 6.75. The molecule has 1 amide bonds. The molecule has 0 spiro atoms. The molecule has 0 aliphatic carbocycles. The molecule has 0 bridgehead atoms. The number of hydrogen-bond acceptors (Lipinski definition) is 6. The third-order valence-corrected chi connectivity index (χ3v) is 4.05. The van der Waals surface area contributed by atoms with Crippen LogP contribution in [0, 0.1) is 6.92 Å². The lowest BCUT2D eigenvalue weighted by atomic mass is 10.2. The van der Waals surface area contributed by atoms with E-state index in [1.807, 2.05) is 19.9 Å². The Morgan fingerprint density at radius 1 is 1.23 bits per heavy atom. The summed E-state index contributed by atoms with van der Waals surface area (Å²) in [5, 5.41) is 32.2. The highest BCUT2D eigenvalue weighted by molar-refractivity contribution is 5.98. The van der Waals surface area contributed by atoms with Gasteiger partial charge in [0.05, 0.1) is 17.2 Å². The first-order valence-electron chi connectivity index (χ1n) is 7.96. The smallest absolute Gasteiger partial charge is 0.271 e. The van der Waals surface area contributed by atoms with E-state index in [2.05, 4.69) is 20.1 Å². The maximum atomic E-state index is 12.2. The van der Waals surface area contributed by atoms with Gasteiger partial charge in [-0.05, 0) is 44.2 Å². The van der Waals surface area contributed by atoms with Crippen LogP contribution in [0.1, 0.15) is 28.7 Å². The lowest BCUT2D eigenvalue weighted by Crippen LogP contribution is -2.17. The molecule has 8 heteroatoms. The summed E-state index contributed by atoms with van der Waals surface area (Å²) in [6.45, 7) is 4.73. The lowest BCUT2D eigenvalue weighted by molar-refractivity contribution is 0.0955. The molecule has 3 rings (SSSR count). The summed E-state index contributed by atoms with van der Waals surface area (Å²) in [5.41, 5.74) is 4.57. The number of aromatic hydroxyl groups is 3. The molecule has 0 radical (unpaired) electrons. The third kappa shape index (κ3) is 3.04. The van der Waals surface area contributed by atoms with Gasteiger partial charge in [0.2, 0.25) is 5.75 Å². The van der Waals surface area contributed by atoms with E-state index in [0.717, 1.165) is 23.4 Å². The van der Waals surface area contributed by atoms with E-state index in [0.29, 0.717) is 5.56 Å². The minimum atomic E-state index is -0.646. The van der Waals surface area contributed by atoms with E-state index in [4.69, 9.17) is 0 Å². The number of rotatable bonds is 4. The van der Waals surface area contributed by atoms with Crippen molar-refractivity contribution in [2.24, 2.45) is 5.10 Å². The van der Waals surface area contributed by atoms with Gasteiger partial charge in [0.1, 0.15) is 5.82 Å². The Labute approximate surface area is 149 Å². The lowest BCUT2D eigenvalue weighted by Gasteiger charge is -2.04. The van der Waals surface area contributed by atoms with Gasteiger partial charge in [-0.15, -0.1) is 0 Å². The standard InChI is InChI=1S/C18H18N4O4/c1-3-22-10(2)20-13-8-11(4-6-14(13)22)18(26)21-19-9-12-5-7-15(23)17(25)16(12)24/h4-9,23-25H,3H2,1-2H3,(H,21,26)/b19-9+. The maximum Gasteiger partial charge on any atom is 0.271 e. The molecule has 26 heavy (non-hydrogen) atoms. The molecule has 0 atom stereocenters. The number of hydrogen-bond donors (Lipinski definition) is 4. The first kappa shape index (κ1) is 17.3. The second-order valence-corrected chi connectivity index (χ2v) is 5.68. The average molecular weight is 354 g/mol. The van der Waals surface area contributed by atoms with Gasteiger partial charge in [-0.1, -0.05) is 0 Å². The van der Waals surface area contributed by atoms with Crippen LogP contribution in [0.15, 0.2) is 35.4 Å². The molecule has 0 saturated carbocycles. The fourth-order valence-electron chi connectivity index (χ4n) is 2.70. The van der Waals surface area contributed by atoms with Crippen LogP contribution in [-0.2, 0) is 6.54 Å². The van der Waals surface area contributed by atoms with Crippen molar-refractivity contribution in [3.8, 4) is 17.2 Å². The van der Waals surface area contributed by atoms with Crippen molar-refractivity contribution >= 4 is 23.2 Å². The van der Waals surface area contributed by atoms with Crippen molar-refractivity contribution in [2.45, 2.75) is 20.4 Å². The molecule has 2 aromatic carbocycles. The van der Waals surface area contributed by atoms with Crippen molar-refractivity contribution in [3.63, 3.8) is 0 Å². The SMILES string of the molecule is CCn1c(C)nc2cc(C(=O)N/N=C/c3ccc(O)c(O)c3O)ccc21. The first-order chi connectivity index (χ1) is 12.4. The van der Waals surface area contributed by atoms with Crippen molar-refractivity contribution in [1.29, 1.82) is 0 Å². The number of aryl methyl sites for hydroxylation is 2. The van der Waals surface area contributed by atoms with Gasteiger partial charge >= 0.3 is 0 Å². The highest BCUT2D eigenvalue weighted by Crippen LogP contribution is 2.36. The Morgan fingerprint density at radius 2 is 2.00 bits per heavy atom. The largest absolute Gasteiger partial charge is 0.504 e. The Bertz CT molecular complexity index is 1020. The summed E-state index contributed by atoms with van der Waals surface area (Å²) in [5.74, 6) is -1.17. The van der Waals surface area contributed by atoms with Crippen molar-refractivity contribution in [2.75, 3.05) is 0 Å². The Hall–Kier alpha value is -3.55. The number of phenols is 3. The molecule has 1 heterocycles. The Kier molecular flexibility index (Phi) is 4.49. The third-order valence-electron chi connectivity index (χ3n) is 4.05. The van der Waals surface area contributed by atoms with Gasteiger partial charge in [-0.3, -0.25) is 4.79 Å². The van der Waals surface area contributed by atoms with Crippen LogP contribution < -0.4 is 5.43 Å². The molecule has 1 aromatic heterocycles. The molecule has 4 N–H and O–H groups in total. The zero-order valence-electron chi connectivity index (χ0n) is 14.3. The predicted octanol–water partition coefficient (Wildman–Crippen LogP) is 2.25. The van der Waals surface area contributed by atoms with Gasteiger partial charge in [0.15, 0.2) is 11.5 Å². The Balaban J connectivity index is 1.78. The van der Waals surface area contributed by atoms with Crippen molar-refractivity contribution in [1.82, 2.24) is 15.0 Å². The van der Waals surface area contributed by atoms with Crippen molar-refractivity contribution < 1.29 is 20.1 Å². The van der Waals surface area contributed by atoms with Gasteiger partial charge in [-0.25, -0.2) is 10.4 Å². The van der Waals surface area contributed by atoms with Gasteiger partial charge in [-0.2, -0.15) is 5.10 Å². The molecular weight excluding hydrogens is 336 g/mol. The number of nitrogens with zero attached hydrogens (tertiary/aromatic N) is 3. The topological polar surface area (TPSA) is 120 Å². The van der Waals surface area contributed by atoms with Crippen LogP contribution in [0.4, 0.5) is 0 Å². The van der Waals surface area contributed by atoms with Gasteiger partial charge in [0.25, 0.3) is 5.91 Å². The molecule has 0 saturated heterocycles. The van der Waals surface area contributed by atoms with Crippen LogP contribution in [0.3, 0.4) is 0 Å². The molecule has 0 unspecified atom stereocenters. The van der Waals surface area contributed by atoms with E-state index >= 15 is 0 Å². The van der Waals surface area contributed by atoms with Gasteiger partial charge < -0.3 is 19.9 Å². The number of amides is 1. The predicted molar refractivity (Wildman–Crippen MR) is 96.6 cm³/mol. The number of nitrogens with one attached hydrogen (secondary N) is 1. The average Bonchev–Trinajstić information content (AvgIpc) is 2.95. The molecule has 0 fully saturated rings. The van der Waals surface area contributed by atoms with E-state index in [9.17, 15) is 20.1 Å². The molecule has 3 aromatic rings. The summed E-state index contributed by atoms with van der Waals surface area (Å²) in [6, 6.07) is 7.76. The second-order valence-electron chi connectivity index (χ2n) is 5.68. The van der Waals surface area contributed by atoms with Crippen LogP contribution in [0.5, 0.6) is 17.2 Å².